The number of carbonyl (C=O) groups is 2. The van der Waals surface area contributed by atoms with Crippen LogP contribution in [-0.2, 0) is 4.74 Å². The second-order valence-electron chi connectivity index (χ2n) is 4.95. The van der Waals surface area contributed by atoms with E-state index in [9.17, 15) is 14.7 Å². The van der Waals surface area contributed by atoms with Gasteiger partial charge in [-0.25, -0.2) is 9.78 Å². The van der Waals surface area contributed by atoms with Crippen LogP contribution in [0.4, 0.5) is 5.13 Å². The quantitative estimate of drug-likeness (QED) is 0.603. The Hall–Kier alpha value is -2.84. The molecule has 128 valence electrons. The van der Waals surface area contributed by atoms with Crippen molar-refractivity contribution in [1.29, 1.82) is 0 Å². The number of aromatic nitrogens is 2. The molecule has 3 aromatic rings. The van der Waals surface area contributed by atoms with Crippen molar-refractivity contribution < 1.29 is 19.4 Å². The largest absolute Gasteiger partial charge is 0.508 e. The average molecular weight is 378 g/mol. The predicted molar refractivity (Wildman–Crippen MR) is 94.3 cm³/mol. The Morgan fingerprint density at radius 1 is 1.36 bits per heavy atom. The number of amides is 1. The molecule has 0 saturated carbocycles. The number of ether oxygens (including phenoxy) is 1. The molecule has 3 N–H and O–H groups in total. The molecule has 0 saturated heterocycles. The number of hydrogen-bond donors (Lipinski definition) is 3. The summed E-state index contributed by atoms with van der Waals surface area (Å²) < 4.78 is 4.64. The van der Waals surface area contributed by atoms with Gasteiger partial charge in [-0.2, -0.15) is 0 Å². The van der Waals surface area contributed by atoms with E-state index in [1.807, 2.05) is 0 Å². The van der Waals surface area contributed by atoms with Gasteiger partial charge in [-0.15, -0.1) is 11.3 Å². The van der Waals surface area contributed by atoms with Gasteiger partial charge in [0, 0.05) is 17.1 Å². The summed E-state index contributed by atoms with van der Waals surface area (Å²) in [5, 5.41) is 14.4. The van der Waals surface area contributed by atoms with E-state index in [1.54, 1.807) is 17.6 Å². The zero-order valence-electron chi connectivity index (χ0n) is 12.9. The van der Waals surface area contributed by atoms with Crippen molar-refractivity contribution in [2.45, 2.75) is 0 Å². The molecular weight excluding hydrogens is 366 g/mol. The van der Waals surface area contributed by atoms with Gasteiger partial charge in [0.15, 0.2) is 5.13 Å². The van der Waals surface area contributed by atoms with Crippen molar-refractivity contribution in [2.75, 3.05) is 12.4 Å². The number of aromatic amines is 1. The van der Waals surface area contributed by atoms with Gasteiger partial charge in [0.1, 0.15) is 11.4 Å². The minimum Gasteiger partial charge on any atom is -0.508 e. The Morgan fingerprint density at radius 3 is 2.92 bits per heavy atom. The van der Waals surface area contributed by atoms with Crippen molar-refractivity contribution >= 4 is 39.9 Å². The third-order valence-electron chi connectivity index (χ3n) is 3.30. The number of thiazole rings is 1. The molecule has 9 heteroatoms. The van der Waals surface area contributed by atoms with E-state index in [2.05, 4.69) is 20.0 Å². The first kappa shape index (κ1) is 17.0. The van der Waals surface area contributed by atoms with Crippen LogP contribution in [0.25, 0.3) is 11.3 Å². The smallest absolute Gasteiger partial charge is 0.354 e. The summed E-state index contributed by atoms with van der Waals surface area (Å²) in [6.07, 6.45) is 1.62. The van der Waals surface area contributed by atoms with E-state index >= 15 is 0 Å². The number of phenols is 1. The standard InChI is InChI=1S/C16H12ClN3O4S/c1-24-15(23)12-4-8(6-18-12)13-7-25-16(19-13)20-14(22)10-5-9(21)2-3-11(10)17/h2-7,18,21H,1H3,(H,19,20,22). The number of carbonyl (C=O) groups excluding carboxylic acids is 2. The zero-order chi connectivity index (χ0) is 18.0. The SMILES string of the molecule is COC(=O)c1cc(-c2csc(NC(=O)c3cc(O)ccc3Cl)n2)c[nH]1. The molecule has 0 unspecified atom stereocenters. The number of phenolic OH excluding ortho intramolecular Hbond substituents is 1. The van der Waals surface area contributed by atoms with Crippen LogP contribution < -0.4 is 5.32 Å². The lowest BCUT2D eigenvalue weighted by atomic mass is 10.2. The number of nitrogens with one attached hydrogen (secondary N) is 2. The van der Waals surface area contributed by atoms with Crippen LogP contribution in [0.2, 0.25) is 5.02 Å². The lowest BCUT2D eigenvalue weighted by Crippen LogP contribution is -2.12. The summed E-state index contributed by atoms with van der Waals surface area (Å²) in [6.45, 7) is 0. The van der Waals surface area contributed by atoms with E-state index < -0.39 is 11.9 Å². The van der Waals surface area contributed by atoms with Crippen molar-refractivity contribution in [3.05, 3.63) is 52.1 Å². The molecule has 3 rings (SSSR count). The number of aromatic hydroxyl groups is 1. The van der Waals surface area contributed by atoms with Crippen molar-refractivity contribution in [3.63, 3.8) is 0 Å². The number of esters is 1. The van der Waals surface area contributed by atoms with Crippen LogP contribution >= 0.6 is 22.9 Å². The summed E-state index contributed by atoms with van der Waals surface area (Å²) >= 11 is 7.19. The van der Waals surface area contributed by atoms with Gasteiger partial charge < -0.3 is 14.8 Å². The van der Waals surface area contributed by atoms with Gasteiger partial charge in [-0.3, -0.25) is 10.1 Å². The second kappa shape index (κ2) is 6.96. The Morgan fingerprint density at radius 2 is 2.16 bits per heavy atom. The molecule has 2 aromatic heterocycles. The number of rotatable bonds is 4. The molecule has 0 radical (unpaired) electrons. The number of methoxy groups -OCH3 is 1. The third-order valence-corrected chi connectivity index (χ3v) is 4.39. The molecule has 7 nitrogen and oxygen atoms in total. The molecule has 0 aliphatic heterocycles. The molecule has 0 fully saturated rings. The predicted octanol–water partition coefficient (Wildman–Crippen LogP) is 3.54. The van der Waals surface area contributed by atoms with Gasteiger partial charge in [-0.1, -0.05) is 11.6 Å². The van der Waals surface area contributed by atoms with Crippen LogP contribution in [0.5, 0.6) is 5.75 Å². The maximum atomic E-state index is 12.3. The number of anilines is 1. The summed E-state index contributed by atoms with van der Waals surface area (Å²) in [6, 6.07) is 5.72. The molecule has 1 amide bonds. The average Bonchev–Trinajstić information content (AvgIpc) is 3.25. The normalized spacial score (nSPS) is 10.5. The number of hydrogen-bond acceptors (Lipinski definition) is 6. The molecular formula is C16H12ClN3O4S. The third kappa shape index (κ3) is 3.65. The van der Waals surface area contributed by atoms with Crippen LogP contribution in [-0.4, -0.2) is 34.1 Å². The minimum atomic E-state index is -0.480. The fourth-order valence-corrected chi connectivity index (χ4v) is 3.00. The van der Waals surface area contributed by atoms with Crippen LogP contribution in [0.15, 0.2) is 35.8 Å². The zero-order valence-corrected chi connectivity index (χ0v) is 14.4. The van der Waals surface area contributed by atoms with Gasteiger partial charge in [0.05, 0.1) is 23.4 Å². The molecule has 0 bridgehead atoms. The molecule has 25 heavy (non-hydrogen) atoms. The highest BCUT2D eigenvalue weighted by Gasteiger charge is 2.15. The fourth-order valence-electron chi connectivity index (χ4n) is 2.09. The second-order valence-corrected chi connectivity index (χ2v) is 6.22. The molecule has 0 spiro atoms. The molecule has 0 aliphatic carbocycles. The number of nitrogens with zero attached hydrogens (tertiary/aromatic N) is 1. The van der Waals surface area contributed by atoms with Gasteiger partial charge in [-0.05, 0) is 24.3 Å². The van der Waals surface area contributed by atoms with E-state index in [4.69, 9.17) is 11.6 Å². The summed E-state index contributed by atoms with van der Waals surface area (Å²) in [7, 11) is 1.30. The Bertz CT molecular complexity index is 951. The lowest BCUT2D eigenvalue weighted by Gasteiger charge is -2.04. The van der Waals surface area contributed by atoms with Crippen LogP contribution in [0.3, 0.4) is 0 Å². The molecule has 0 atom stereocenters. The molecule has 2 heterocycles. The topological polar surface area (TPSA) is 104 Å². The van der Waals surface area contributed by atoms with Crippen molar-refractivity contribution in [2.24, 2.45) is 0 Å². The first-order chi connectivity index (χ1) is 12.0. The fraction of sp³-hybridized carbons (Fsp3) is 0.0625. The highest BCUT2D eigenvalue weighted by Crippen LogP contribution is 2.27. The summed E-state index contributed by atoms with van der Waals surface area (Å²) in [5.74, 6) is -1.02. The first-order valence-corrected chi connectivity index (χ1v) is 8.26. The van der Waals surface area contributed by atoms with Crippen LogP contribution in [0.1, 0.15) is 20.8 Å². The first-order valence-electron chi connectivity index (χ1n) is 7.00. The minimum absolute atomic E-state index is 0.0583. The van der Waals surface area contributed by atoms with E-state index in [0.29, 0.717) is 22.1 Å². The van der Waals surface area contributed by atoms with Gasteiger partial charge in [0.25, 0.3) is 5.91 Å². The van der Waals surface area contributed by atoms with Crippen molar-refractivity contribution in [3.8, 4) is 17.0 Å². The summed E-state index contributed by atoms with van der Waals surface area (Å²) in [5.41, 5.74) is 1.73. The Labute approximate surface area is 151 Å². The maximum absolute atomic E-state index is 12.3. The number of benzene rings is 1. The van der Waals surface area contributed by atoms with E-state index in [1.165, 1.54) is 36.6 Å². The van der Waals surface area contributed by atoms with Gasteiger partial charge >= 0.3 is 5.97 Å². The highest BCUT2D eigenvalue weighted by molar-refractivity contribution is 7.14. The van der Waals surface area contributed by atoms with E-state index in [-0.39, 0.29) is 16.3 Å². The van der Waals surface area contributed by atoms with Crippen LogP contribution in [0, 0.1) is 0 Å². The van der Waals surface area contributed by atoms with Crippen molar-refractivity contribution in [1.82, 2.24) is 9.97 Å². The highest BCUT2D eigenvalue weighted by atomic mass is 35.5. The number of halogens is 1. The Balaban J connectivity index is 1.77. The number of H-pyrrole nitrogens is 1. The monoisotopic (exact) mass is 377 g/mol. The molecule has 1 aromatic carbocycles. The van der Waals surface area contributed by atoms with E-state index in [0.717, 1.165) is 0 Å². The lowest BCUT2D eigenvalue weighted by molar-refractivity contribution is 0.0594. The van der Waals surface area contributed by atoms with Gasteiger partial charge in [0.2, 0.25) is 0 Å². The Kier molecular flexibility index (Phi) is 4.73. The molecule has 0 aliphatic rings. The maximum Gasteiger partial charge on any atom is 0.354 e. The summed E-state index contributed by atoms with van der Waals surface area (Å²) in [4.78, 5) is 30.8.